The zero-order valence-electron chi connectivity index (χ0n) is 9.12. The van der Waals surface area contributed by atoms with Crippen molar-refractivity contribution in [2.24, 2.45) is 0 Å². The van der Waals surface area contributed by atoms with Crippen molar-refractivity contribution in [1.82, 2.24) is 0 Å². The van der Waals surface area contributed by atoms with E-state index < -0.39 is 9.84 Å². The molecule has 0 radical (unpaired) electrons. The van der Waals surface area contributed by atoms with E-state index in [0.29, 0.717) is 22.2 Å². The Bertz CT molecular complexity index is 496. The summed E-state index contributed by atoms with van der Waals surface area (Å²) >= 11 is 11.8. The van der Waals surface area contributed by atoms with E-state index in [1.54, 1.807) is 18.2 Å². The lowest BCUT2D eigenvalue weighted by Crippen LogP contribution is -2.34. The molecule has 0 bridgehead atoms. The molecule has 1 fully saturated rings. The van der Waals surface area contributed by atoms with E-state index in [0.717, 1.165) is 12.1 Å². The molecule has 1 aromatic rings. The number of halogens is 2. The van der Waals surface area contributed by atoms with Crippen LogP contribution in [-0.4, -0.2) is 26.0 Å². The van der Waals surface area contributed by atoms with Gasteiger partial charge in [-0.15, -0.1) is 0 Å². The smallest absolute Gasteiger partial charge is 0.152 e. The first-order chi connectivity index (χ1) is 7.94. The first-order valence-corrected chi connectivity index (χ1v) is 7.95. The predicted molar refractivity (Wildman–Crippen MR) is 71.8 cm³/mol. The molecule has 17 heavy (non-hydrogen) atoms. The molecular formula is C11H13Cl2NO2S. The molecule has 0 spiro atoms. The van der Waals surface area contributed by atoms with Crippen molar-refractivity contribution < 1.29 is 8.42 Å². The summed E-state index contributed by atoms with van der Waals surface area (Å²) in [7, 11) is -2.90. The van der Waals surface area contributed by atoms with Crippen LogP contribution < -0.4 is 5.32 Å². The van der Waals surface area contributed by atoms with E-state index in [2.05, 4.69) is 5.32 Å². The molecule has 0 aromatic heterocycles. The van der Waals surface area contributed by atoms with Crippen LogP contribution in [0.2, 0.25) is 10.0 Å². The number of benzene rings is 1. The summed E-state index contributed by atoms with van der Waals surface area (Å²) in [6.07, 6.45) is 1.55. The third-order valence-corrected chi connectivity index (χ3v) is 4.95. The van der Waals surface area contributed by atoms with Crippen molar-refractivity contribution in [2.75, 3.05) is 16.8 Å². The van der Waals surface area contributed by atoms with Gasteiger partial charge in [0.1, 0.15) is 0 Å². The zero-order chi connectivity index (χ0) is 12.5. The molecule has 0 saturated carbocycles. The van der Waals surface area contributed by atoms with Crippen molar-refractivity contribution >= 4 is 38.7 Å². The molecule has 1 aliphatic rings. The van der Waals surface area contributed by atoms with Crippen LogP contribution >= 0.6 is 23.2 Å². The maximum absolute atomic E-state index is 11.5. The van der Waals surface area contributed by atoms with Gasteiger partial charge in [0.2, 0.25) is 0 Å². The van der Waals surface area contributed by atoms with Crippen LogP contribution in [0.5, 0.6) is 0 Å². The molecule has 1 saturated heterocycles. The third-order valence-electron chi connectivity index (χ3n) is 2.70. The average Bonchev–Trinajstić information content (AvgIpc) is 2.13. The van der Waals surface area contributed by atoms with Gasteiger partial charge in [0.15, 0.2) is 9.84 Å². The fourth-order valence-electron chi connectivity index (χ4n) is 2.01. The number of rotatable bonds is 2. The lowest BCUT2D eigenvalue weighted by Gasteiger charge is -2.24. The Morgan fingerprint density at radius 3 is 2.41 bits per heavy atom. The Balaban J connectivity index is 2.10. The van der Waals surface area contributed by atoms with E-state index >= 15 is 0 Å². The van der Waals surface area contributed by atoms with Gasteiger partial charge in [-0.05, 0) is 31.0 Å². The first kappa shape index (κ1) is 13.0. The topological polar surface area (TPSA) is 46.2 Å². The second kappa shape index (κ2) is 5.04. The van der Waals surface area contributed by atoms with Crippen molar-refractivity contribution in [3.05, 3.63) is 28.2 Å². The maximum Gasteiger partial charge on any atom is 0.152 e. The highest BCUT2D eigenvalue weighted by atomic mass is 35.5. The van der Waals surface area contributed by atoms with Gasteiger partial charge in [-0.25, -0.2) is 8.42 Å². The van der Waals surface area contributed by atoms with Gasteiger partial charge in [-0.2, -0.15) is 0 Å². The lowest BCUT2D eigenvalue weighted by atomic mass is 10.1. The van der Waals surface area contributed by atoms with Crippen LogP contribution in [0.3, 0.4) is 0 Å². The molecule has 1 aliphatic heterocycles. The van der Waals surface area contributed by atoms with Crippen molar-refractivity contribution in [1.29, 1.82) is 0 Å². The summed E-state index contributed by atoms with van der Waals surface area (Å²) < 4.78 is 23.0. The van der Waals surface area contributed by atoms with Crippen molar-refractivity contribution in [3.8, 4) is 0 Å². The zero-order valence-corrected chi connectivity index (χ0v) is 11.4. The monoisotopic (exact) mass is 293 g/mol. The highest BCUT2D eigenvalue weighted by Gasteiger charge is 2.24. The van der Waals surface area contributed by atoms with E-state index in [1.807, 2.05) is 0 Å². The predicted octanol–water partition coefficient (Wildman–Crippen LogP) is 2.98. The van der Waals surface area contributed by atoms with Gasteiger partial charge in [-0.1, -0.05) is 23.2 Å². The Labute approximate surface area is 111 Å². The minimum absolute atomic E-state index is 0.0525. The molecule has 2 rings (SSSR count). The SMILES string of the molecule is O=S1(=O)CCCC(Nc2cc(Cl)cc(Cl)c2)C1. The Morgan fingerprint density at radius 1 is 1.18 bits per heavy atom. The molecule has 1 atom stereocenters. The number of hydrogen-bond acceptors (Lipinski definition) is 3. The van der Waals surface area contributed by atoms with Crippen LogP contribution in [0.25, 0.3) is 0 Å². The van der Waals surface area contributed by atoms with Gasteiger partial charge in [0, 0.05) is 21.8 Å². The molecule has 1 unspecified atom stereocenters. The number of hydrogen-bond donors (Lipinski definition) is 1. The quantitative estimate of drug-likeness (QED) is 0.912. The minimum Gasteiger partial charge on any atom is -0.381 e. The number of anilines is 1. The average molecular weight is 294 g/mol. The van der Waals surface area contributed by atoms with E-state index in [4.69, 9.17) is 23.2 Å². The second-order valence-corrected chi connectivity index (χ2v) is 7.36. The van der Waals surface area contributed by atoms with Crippen LogP contribution in [0.4, 0.5) is 5.69 Å². The van der Waals surface area contributed by atoms with Crippen LogP contribution in [0.1, 0.15) is 12.8 Å². The first-order valence-electron chi connectivity index (χ1n) is 5.38. The summed E-state index contributed by atoms with van der Waals surface area (Å²) in [5.41, 5.74) is 0.768. The molecule has 94 valence electrons. The van der Waals surface area contributed by atoms with Gasteiger partial charge in [0.05, 0.1) is 11.5 Å². The van der Waals surface area contributed by atoms with Gasteiger partial charge in [-0.3, -0.25) is 0 Å². The third kappa shape index (κ3) is 3.76. The summed E-state index contributed by atoms with van der Waals surface area (Å²) in [6, 6.07) is 5.08. The molecule has 1 N–H and O–H groups in total. The Morgan fingerprint density at radius 2 is 1.82 bits per heavy atom. The molecule has 1 aromatic carbocycles. The summed E-state index contributed by atoms with van der Waals surface area (Å²) in [5, 5.41) is 4.25. The molecule has 1 heterocycles. The molecule has 0 amide bonds. The molecular weight excluding hydrogens is 281 g/mol. The van der Waals surface area contributed by atoms with E-state index in [1.165, 1.54) is 0 Å². The maximum atomic E-state index is 11.5. The lowest BCUT2D eigenvalue weighted by molar-refractivity contribution is 0.562. The summed E-state index contributed by atoms with van der Waals surface area (Å²) in [5.74, 6) is 0.471. The van der Waals surface area contributed by atoms with Crippen LogP contribution in [-0.2, 0) is 9.84 Å². The Hall–Kier alpha value is -0.450. The minimum atomic E-state index is -2.90. The summed E-state index contributed by atoms with van der Waals surface area (Å²) in [4.78, 5) is 0. The van der Waals surface area contributed by atoms with E-state index in [-0.39, 0.29) is 11.8 Å². The molecule has 3 nitrogen and oxygen atoms in total. The molecule has 6 heteroatoms. The van der Waals surface area contributed by atoms with Gasteiger partial charge in [0.25, 0.3) is 0 Å². The molecule has 0 aliphatic carbocycles. The summed E-state index contributed by atoms with van der Waals surface area (Å²) in [6.45, 7) is 0. The van der Waals surface area contributed by atoms with Crippen molar-refractivity contribution in [3.63, 3.8) is 0 Å². The fraction of sp³-hybridized carbons (Fsp3) is 0.455. The highest BCUT2D eigenvalue weighted by Crippen LogP contribution is 2.24. The van der Waals surface area contributed by atoms with Crippen LogP contribution in [0, 0.1) is 0 Å². The normalized spacial score (nSPS) is 23.3. The number of nitrogens with one attached hydrogen (secondary N) is 1. The van der Waals surface area contributed by atoms with Gasteiger partial charge < -0.3 is 5.32 Å². The highest BCUT2D eigenvalue weighted by molar-refractivity contribution is 7.91. The van der Waals surface area contributed by atoms with Crippen molar-refractivity contribution in [2.45, 2.75) is 18.9 Å². The standard InChI is InChI=1S/C11H13Cl2NO2S/c12-8-4-9(13)6-11(5-8)14-10-2-1-3-17(15,16)7-10/h4-6,10,14H,1-3,7H2. The largest absolute Gasteiger partial charge is 0.381 e. The number of sulfone groups is 1. The second-order valence-electron chi connectivity index (χ2n) is 4.26. The van der Waals surface area contributed by atoms with Crippen LogP contribution in [0.15, 0.2) is 18.2 Å². The Kier molecular flexibility index (Phi) is 3.85. The fourth-order valence-corrected chi connectivity index (χ4v) is 4.17. The van der Waals surface area contributed by atoms with E-state index in [9.17, 15) is 8.42 Å². The van der Waals surface area contributed by atoms with Gasteiger partial charge >= 0.3 is 0 Å².